The van der Waals surface area contributed by atoms with Gasteiger partial charge in [0.25, 0.3) is 0 Å². The molecular formula is C19H26N2O3. The van der Waals surface area contributed by atoms with Crippen LogP contribution in [-0.2, 0) is 16.0 Å². The summed E-state index contributed by atoms with van der Waals surface area (Å²) in [6.45, 7) is 2.83. The summed E-state index contributed by atoms with van der Waals surface area (Å²) in [7, 11) is 0. The van der Waals surface area contributed by atoms with E-state index in [1.807, 2.05) is 37.3 Å². The maximum atomic E-state index is 12.2. The molecule has 3 N–H and O–H groups in total. The topological polar surface area (TPSA) is 81.4 Å². The Morgan fingerprint density at radius 3 is 2.62 bits per heavy atom. The number of allylic oxidation sites excluding steroid dienone is 2. The standard InChI is InChI=1S/C19H26N2O3/c1-2-24-17-10-8-14(9-11-17)12-16(18(20)22)13-21-19(23)15-6-4-3-5-7-15/h3-4,8-11,15-16H,2,5-7,12-13H2,1H3,(H2,20,22)(H,21,23)/t15-,16-/m1/s1. The summed E-state index contributed by atoms with van der Waals surface area (Å²) < 4.78 is 5.41. The molecule has 130 valence electrons. The lowest BCUT2D eigenvalue weighted by Crippen LogP contribution is -2.39. The molecule has 1 aromatic rings. The highest BCUT2D eigenvalue weighted by Crippen LogP contribution is 2.19. The fraction of sp³-hybridized carbons (Fsp3) is 0.474. The molecule has 0 saturated heterocycles. The molecule has 5 nitrogen and oxygen atoms in total. The second-order valence-electron chi connectivity index (χ2n) is 6.11. The monoisotopic (exact) mass is 330 g/mol. The van der Waals surface area contributed by atoms with Crippen molar-refractivity contribution in [1.82, 2.24) is 5.32 Å². The third kappa shape index (κ3) is 5.41. The molecule has 0 aromatic heterocycles. The Kier molecular flexibility index (Phi) is 6.85. The average Bonchev–Trinajstić information content (AvgIpc) is 2.60. The first-order chi connectivity index (χ1) is 11.6. The molecule has 0 radical (unpaired) electrons. The van der Waals surface area contributed by atoms with Gasteiger partial charge in [-0.25, -0.2) is 0 Å². The van der Waals surface area contributed by atoms with Crippen molar-refractivity contribution >= 4 is 11.8 Å². The van der Waals surface area contributed by atoms with Crippen molar-refractivity contribution in [3.63, 3.8) is 0 Å². The number of amides is 2. The predicted molar refractivity (Wildman–Crippen MR) is 93.5 cm³/mol. The highest BCUT2D eigenvalue weighted by atomic mass is 16.5. The summed E-state index contributed by atoms with van der Waals surface area (Å²) >= 11 is 0. The molecule has 2 atom stereocenters. The molecule has 0 heterocycles. The smallest absolute Gasteiger partial charge is 0.223 e. The molecule has 2 rings (SSSR count). The average molecular weight is 330 g/mol. The lowest BCUT2D eigenvalue weighted by molar-refractivity contribution is -0.126. The van der Waals surface area contributed by atoms with Gasteiger partial charge in [0.05, 0.1) is 12.5 Å². The van der Waals surface area contributed by atoms with E-state index in [0.29, 0.717) is 13.0 Å². The van der Waals surface area contributed by atoms with Crippen LogP contribution in [0.3, 0.4) is 0 Å². The van der Waals surface area contributed by atoms with Crippen LogP contribution in [0.1, 0.15) is 31.7 Å². The first-order valence-corrected chi connectivity index (χ1v) is 8.54. The molecule has 0 unspecified atom stereocenters. The number of ether oxygens (including phenoxy) is 1. The van der Waals surface area contributed by atoms with Crippen LogP contribution in [-0.4, -0.2) is 25.0 Å². The molecule has 5 heteroatoms. The number of rotatable bonds is 8. The normalized spacial score (nSPS) is 18.0. The molecule has 2 amide bonds. The van der Waals surface area contributed by atoms with E-state index in [-0.39, 0.29) is 18.4 Å². The number of nitrogens with two attached hydrogens (primary N) is 1. The van der Waals surface area contributed by atoms with E-state index in [1.54, 1.807) is 0 Å². The Bertz CT molecular complexity index is 581. The maximum absolute atomic E-state index is 12.2. The highest BCUT2D eigenvalue weighted by Gasteiger charge is 2.22. The summed E-state index contributed by atoms with van der Waals surface area (Å²) in [6, 6.07) is 7.61. The Hall–Kier alpha value is -2.30. The molecule has 0 spiro atoms. The Labute approximate surface area is 143 Å². The van der Waals surface area contributed by atoms with Gasteiger partial charge in [-0.3, -0.25) is 9.59 Å². The quantitative estimate of drug-likeness (QED) is 0.717. The molecule has 0 bridgehead atoms. The molecule has 24 heavy (non-hydrogen) atoms. The number of primary amides is 1. The Morgan fingerprint density at radius 2 is 2.04 bits per heavy atom. The summed E-state index contributed by atoms with van der Waals surface area (Å²) in [5.74, 6) is 0.0144. The van der Waals surface area contributed by atoms with Crippen LogP contribution in [0.2, 0.25) is 0 Å². The first kappa shape index (κ1) is 18.0. The largest absolute Gasteiger partial charge is 0.494 e. The van der Waals surface area contributed by atoms with Crippen LogP contribution in [0.25, 0.3) is 0 Å². The zero-order valence-corrected chi connectivity index (χ0v) is 14.2. The second-order valence-corrected chi connectivity index (χ2v) is 6.11. The minimum Gasteiger partial charge on any atom is -0.494 e. The van der Waals surface area contributed by atoms with E-state index >= 15 is 0 Å². The van der Waals surface area contributed by atoms with Gasteiger partial charge < -0.3 is 15.8 Å². The molecular weight excluding hydrogens is 304 g/mol. The van der Waals surface area contributed by atoms with Gasteiger partial charge in [-0.05, 0) is 50.3 Å². The third-order valence-corrected chi connectivity index (χ3v) is 4.28. The van der Waals surface area contributed by atoms with Gasteiger partial charge in [0.1, 0.15) is 5.75 Å². The first-order valence-electron chi connectivity index (χ1n) is 8.54. The van der Waals surface area contributed by atoms with Gasteiger partial charge in [0.2, 0.25) is 11.8 Å². The summed E-state index contributed by atoms with van der Waals surface area (Å²) in [6.07, 6.45) is 7.21. The molecule has 1 aromatic carbocycles. The number of carbonyl (C=O) groups excluding carboxylic acids is 2. The summed E-state index contributed by atoms with van der Waals surface area (Å²) in [5, 5.41) is 2.89. The highest BCUT2D eigenvalue weighted by molar-refractivity contribution is 5.81. The summed E-state index contributed by atoms with van der Waals surface area (Å²) in [5.41, 5.74) is 6.50. The van der Waals surface area contributed by atoms with Crippen LogP contribution in [0.5, 0.6) is 5.75 Å². The van der Waals surface area contributed by atoms with E-state index in [2.05, 4.69) is 11.4 Å². The van der Waals surface area contributed by atoms with E-state index in [9.17, 15) is 9.59 Å². The van der Waals surface area contributed by atoms with Crippen LogP contribution < -0.4 is 15.8 Å². The molecule has 1 aliphatic rings. The third-order valence-electron chi connectivity index (χ3n) is 4.28. The van der Waals surface area contributed by atoms with E-state index in [1.165, 1.54) is 0 Å². The van der Waals surface area contributed by atoms with Crippen molar-refractivity contribution in [3.05, 3.63) is 42.0 Å². The van der Waals surface area contributed by atoms with Gasteiger partial charge in [-0.2, -0.15) is 0 Å². The van der Waals surface area contributed by atoms with Crippen molar-refractivity contribution in [2.24, 2.45) is 17.6 Å². The van der Waals surface area contributed by atoms with Gasteiger partial charge >= 0.3 is 0 Å². The predicted octanol–water partition coefficient (Wildman–Crippen LogP) is 2.20. The van der Waals surface area contributed by atoms with Crippen molar-refractivity contribution in [2.75, 3.05) is 13.2 Å². The van der Waals surface area contributed by atoms with Crippen molar-refractivity contribution in [3.8, 4) is 5.75 Å². The lowest BCUT2D eigenvalue weighted by Gasteiger charge is -2.20. The number of hydrogen-bond donors (Lipinski definition) is 2. The molecule has 0 aliphatic heterocycles. The summed E-state index contributed by atoms with van der Waals surface area (Å²) in [4.78, 5) is 23.9. The fourth-order valence-corrected chi connectivity index (χ4v) is 2.85. The van der Waals surface area contributed by atoms with Crippen LogP contribution in [0.15, 0.2) is 36.4 Å². The van der Waals surface area contributed by atoms with Crippen LogP contribution in [0.4, 0.5) is 0 Å². The van der Waals surface area contributed by atoms with E-state index in [4.69, 9.17) is 10.5 Å². The van der Waals surface area contributed by atoms with Gasteiger partial charge in [-0.1, -0.05) is 24.3 Å². The molecule has 1 aliphatic carbocycles. The van der Waals surface area contributed by atoms with Crippen LogP contribution >= 0.6 is 0 Å². The van der Waals surface area contributed by atoms with Crippen molar-refractivity contribution < 1.29 is 14.3 Å². The fourth-order valence-electron chi connectivity index (χ4n) is 2.85. The Balaban J connectivity index is 1.88. The van der Waals surface area contributed by atoms with Gasteiger partial charge in [-0.15, -0.1) is 0 Å². The number of nitrogens with one attached hydrogen (secondary N) is 1. The van der Waals surface area contributed by atoms with Crippen molar-refractivity contribution in [2.45, 2.75) is 32.6 Å². The molecule has 0 fully saturated rings. The molecule has 0 saturated carbocycles. The van der Waals surface area contributed by atoms with Gasteiger partial charge in [0, 0.05) is 12.5 Å². The minimum atomic E-state index is -0.411. The van der Waals surface area contributed by atoms with Gasteiger partial charge in [0.15, 0.2) is 0 Å². The van der Waals surface area contributed by atoms with E-state index in [0.717, 1.165) is 30.6 Å². The number of hydrogen-bond acceptors (Lipinski definition) is 3. The zero-order valence-electron chi connectivity index (χ0n) is 14.2. The van der Waals surface area contributed by atoms with E-state index < -0.39 is 11.8 Å². The minimum absolute atomic E-state index is 0.00834. The SMILES string of the molecule is CCOc1ccc(C[C@H](CNC(=O)[C@@H]2CC=CCC2)C(N)=O)cc1. The van der Waals surface area contributed by atoms with Crippen molar-refractivity contribution in [1.29, 1.82) is 0 Å². The Morgan fingerprint density at radius 1 is 1.29 bits per heavy atom. The maximum Gasteiger partial charge on any atom is 0.223 e. The number of benzene rings is 1. The zero-order chi connectivity index (χ0) is 17.4. The number of carbonyl (C=O) groups is 2. The second kappa shape index (κ2) is 9.11. The van der Waals surface area contributed by atoms with Crippen LogP contribution in [0, 0.1) is 11.8 Å². The lowest BCUT2D eigenvalue weighted by atomic mass is 9.93.